The minimum Gasteiger partial charge on any atom is -0.391 e. The fourth-order valence-corrected chi connectivity index (χ4v) is 5.86. The molecule has 0 fully saturated rings. The molecule has 7 atom stereocenters. The lowest BCUT2D eigenvalue weighted by Gasteiger charge is -2.28. The number of nitrogens with two attached hydrogens (primary N) is 2. The monoisotopic (exact) mass is 703 g/mol. The molecule has 15 heteroatoms. The molecule has 0 unspecified atom stereocenters. The molecule has 1 radical (unpaired) electrons. The fourth-order valence-electron chi connectivity index (χ4n) is 5.86. The van der Waals surface area contributed by atoms with E-state index >= 15 is 0 Å². The molecule has 15 nitrogen and oxygen atoms in total. The molecule has 2 aromatic heterocycles. The number of benzene rings is 2. The number of carbonyl (C=O) groups is 4. The van der Waals surface area contributed by atoms with Crippen LogP contribution in [0.25, 0.3) is 21.8 Å². The first-order valence-corrected chi connectivity index (χ1v) is 16.9. The number of hydrogen-bond donors (Lipinski definition) is 10. The highest BCUT2D eigenvalue weighted by Gasteiger charge is 2.34. The summed E-state index contributed by atoms with van der Waals surface area (Å²) in [6.45, 7) is 3.04. The molecule has 4 rings (SSSR count). The first-order chi connectivity index (χ1) is 24.4. The highest BCUT2D eigenvalue weighted by atomic mass is 16.3. The normalized spacial score (nSPS) is 15.6. The first-order valence-electron chi connectivity index (χ1n) is 16.9. The number of aromatic amines is 2. The Bertz CT molecular complexity index is 1800. The van der Waals surface area contributed by atoms with Gasteiger partial charge >= 0.3 is 0 Å². The van der Waals surface area contributed by atoms with Crippen LogP contribution >= 0.6 is 0 Å². The summed E-state index contributed by atoms with van der Waals surface area (Å²) in [5.74, 6) is -3.22. The number of para-hydroxylation sites is 2. The highest BCUT2D eigenvalue weighted by molar-refractivity contribution is 5.96. The Hall–Kier alpha value is -5.09. The number of H-pyrrole nitrogens is 2. The Morgan fingerprint density at radius 2 is 1.24 bits per heavy atom. The number of aliphatic hydroxyl groups is 2. The summed E-state index contributed by atoms with van der Waals surface area (Å²) in [6.07, 6.45) is 4.04. The molecule has 2 heterocycles. The number of hydrogen-bond acceptors (Lipinski definition) is 9. The number of amides is 4. The van der Waals surface area contributed by atoms with Gasteiger partial charge in [0.25, 0.3) is 0 Å². The minimum atomic E-state index is -1.53. The van der Waals surface area contributed by atoms with Gasteiger partial charge in [-0.05, 0) is 56.5 Å². The lowest BCUT2D eigenvalue weighted by atomic mass is 10.0. The van der Waals surface area contributed by atoms with E-state index in [-0.39, 0.29) is 12.8 Å². The van der Waals surface area contributed by atoms with Crippen LogP contribution in [0.4, 0.5) is 0 Å². The van der Waals surface area contributed by atoms with Crippen molar-refractivity contribution >= 4 is 51.7 Å². The zero-order valence-electron chi connectivity index (χ0n) is 28.6. The van der Waals surface area contributed by atoms with Crippen LogP contribution < -0.4 is 32.7 Å². The molecule has 12 N–H and O–H groups in total. The van der Waals surface area contributed by atoms with Crippen molar-refractivity contribution < 1.29 is 34.2 Å². The standard InChI is InChI=1S/C36H47N8O7/c1-20(46)31(35(50)41-24(19-45)15-22-17-39-28-12-5-3-9-25(22)28)44-34(49)30(16-23-18-40-29-13-6-4-10-26(23)29)42-36(51)32(21(2)47)43-33(48)27(38)11-7-8-14-37/h3-6,9-10,12-13,17-18,20-21,24,27,30-32,39-40,46-47H,7-8,11,14-16,37-38H2,1-2H3,(H,41,50)(H,42,51)(H,43,48)(H,44,49)/t20-,21-,24+,27+,30+,31+,32+/m1/s1. The number of rotatable bonds is 19. The van der Waals surface area contributed by atoms with Gasteiger partial charge in [0.1, 0.15) is 18.1 Å². The lowest BCUT2D eigenvalue weighted by molar-refractivity contribution is -0.136. The topological polar surface area (TPSA) is 258 Å². The van der Waals surface area contributed by atoms with E-state index in [0.29, 0.717) is 31.4 Å². The van der Waals surface area contributed by atoms with Crippen LogP contribution in [0.3, 0.4) is 0 Å². The first kappa shape index (κ1) is 38.7. The van der Waals surface area contributed by atoms with Crippen LogP contribution in [0.5, 0.6) is 0 Å². The summed E-state index contributed by atoms with van der Waals surface area (Å²) in [5, 5.41) is 32.8. The van der Waals surface area contributed by atoms with Crippen LogP contribution in [-0.4, -0.2) is 99.1 Å². The van der Waals surface area contributed by atoms with Crippen molar-refractivity contribution in [1.29, 1.82) is 0 Å². The molecule has 0 aliphatic rings. The molecule has 0 saturated carbocycles. The van der Waals surface area contributed by atoms with Crippen molar-refractivity contribution in [2.75, 3.05) is 6.54 Å². The Labute approximate surface area is 295 Å². The third kappa shape index (κ3) is 10.2. The van der Waals surface area contributed by atoms with Crippen molar-refractivity contribution in [2.24, 2.45) is 11.5 Å². The molecule has 0 saturated heterocycles. The second-order valence-corrected chi connectivity index (χ2v) is 12.7. The second-order valence-electron chi connectivity index (χ2n) is 12.7. The average molecular weight is 704 g/mol. The summed E-state index contributed by atoms with van der Waals surface area (Å²) in [5.41, 5.74) is 14.6. The van der Waals surface area contributed by atoms with E-state index in [1.54, 1.807) is 12.4 Å². The minimum absolute atomic E-state index is 0.0693. The van der Waals surface area contributed by atoms with E-state index in [4.69, 9.17) is 11.5 Å². The van der Waals surface area contributed by atoms with Gasteiger partial charge in [0, 0.05) is 47.0 Å². The van der Waals surface area contributed by atoms with Crippen molar-refractivity contribution in [2.45, 2.75) is 88.4 Å². The van der Waals surface area contributed by atoms with Gasteiger partial charge in [-0.15, -0.1) is 0 Å². The van der Waals surface area contributed by atoms with E-state index in [1.165, 1.54) is 13.8 Å². The van der Waals surface area contributed by atoms with E-state index in [0.717, 1.165) is 27.4 Å². The maximum Gasteiger partial charge on any atom is 0.245 e. The largest absolute Gasteiger partial charge is 0.391 e. The van der Waals surface area contributed by atoms with Gasteiger partial charge in [-0.3, -0.25) is 24.0 Å². The molecule has 0 spiro atoms. The number of aromatic nitrogens is 2. The Balaban J connectivity index is 1.52. The molecule has 4 aromatic rings. The van der Waals surface area contributed by atoms with Gasteiger partial charge in [0.2, 0.25) is 29.9 Å². The SMILES string of the molecule is C[C@@H](O)[C@H](NC(=O)[C@H](Cc1c[nH]c2ccccc12)NC(=O)[C@@H](NC(=O)[C@@H](N)CCCCN)[C@@H](C)O)C(=O)N[C@H]([C]=O)Cc1c[nH]c2ccccc12. The van der Waals surface area contributed by atoms with Crippen molar-refractivity contribution in [3.8, 4) is 0 Å². The van der Waals surface area contributed by atoms with Gasteiger partial charge in [-0.1, -0.05) is 42.8 Å². The number of unbranched alkanes of at least 4 members (excludes halogenated alkanes) is 1. The molecule has 0 bridgehead atoms. The maximum atomic E-state index is 13.9. The highest BCUT2D eigenvalue weighted by Crippen LogP contribution is 2.20. The van der Waals surface area contributed by atoms with Crippen LogP contribution in [0.2, 0.25) is 0 Å². The van der Waals surface area contributed by atoms with Gasteiger partial charge in [-0.2, -0.15) is 0 Å². The number of nitrogens with one attached hydrogen (secondary N) is 6. The zero-order valence-corrected chi connectivity index (χ0v) is 28.6. The zero-order chi connectivity index (χ0) is 37.1. The van der Waals surface area contributed by atoms with Crippen LogP contribution in [0.1, 0.15) is 44.2 Å². The van der Waals surface area contributed by atoms with Crippen molar-refractivity contribution in [1.82, 2.24) is 31.2 Å². The molecule has 51 heavy (non-hydrogen) atoms. The van der Waals surface area contributed by atoms with Gasteiger partial charge in [0.05, 0.1) is 24.3 Å². The smallest absolute Gasteiger partial charge is 0.245 e. The maximum absolute atomic E-state index is 13.9. The predicted octanol–water partition coefficient (Wildman–Crippen LogP) is -0.299. The summed E-state index contributed by atoms with van der Waals surface area (Å²) in [6, 6.07) is 8.37. The van der Waals surface area contributed by atoms with E-state index < -0.39 is 66.0 Å². The van der Waals surface area contributed by atoms with Gasteiger partial charge < -0.3 is 52.9 Å². The Morgan fingerprint density at radius 1 is 0.725 bits per heavy atom. The Morgan fingerprint density at radius 3 is 1.76 bits per heavy atom. The average Bonchev–Trinajstić information content (AvgIpc) is 3.72. The summed E-state index contributed by atoms with van der Waals surface area (Å²) in [7, 11) is 0. The third-order valence-electron chi connectivity index (χ3n) is 8.72. The third-order valence-corrected chi connectivity index (χ3v) is 8.72. The summed E-state index contributed by atoms with van der Waals surface area (Å²) >= 11 is 0. The summed E-state index contributed by atoms with van der Waals surface area (Å²) in [4.78, 5) is 71.9. The number of carbonyl (C=O) groups excluding carboxylic acids is 5. The van der Waals surface area contributed by atoms with Crippen molar-refractivity contribution in [3.63, 3.8) is 0 Å². The quantitative estimate of drug-likeness (QED) is 0.0575. The molecule has 4 amide bonds. The van der Waals surface area contributed by atoms with E-state index in [1.807, 2.05) is 54.8 Å². The molecular weight excluding hydrogens is 656 g/mol. The number of aliphatic hydroxyl groups excluding tert-OH is 2. The Kier molecular flexibility index (Phi) is 13.8. The fraction of sp³-hybridized carbons (Fsp3) is 0.417. The summed E-state index contributed by atoms with van der Waals surface area (Å²) < 4.78 is 0. The van der Waals surface area contributed by atoms with Crippen LogP contribution in [0, 0.1) is 0 Å². The lowest BCUT2D eigenvalue weighted by Crippen LogP contribution is -2.62. The van der Waals surface area contributed by atoms with Crippen molar-refractivity contribution in [3.05, 3.63) is 72.1 Å². The molecular formula is C36H47N8O7. The van der Waals surface area contributed by atoms with Crippen LogP contribution in [-0.2, 0) is 36.8 Å². The molecule has 273 valence electrons. The second kappa shape index (κ2) is 18.2. The molecule has 0 aliphatic carbocycles. The predicted molar refractivity (Wildman–Crippen MR) is 192 cm³/mol. The van der Waals surface area contributed by atoms with E-state index in [2.05, 4.69) is 31.2 Å². The van der Waals surface area contributed by atoms with Gasteiger partial charge in [-0.25, -0.2) is 0 Å². The molecule has 0 aliphatic heterocycles. The number of fused-ring (bicyclic) bond motifs is 2. The van der Waals surface area contributed by atoms with E-state index in [9.17, 15) is 34.2 Å². The molecule has 2 aromatic carbocycles. The van der Waals surface area contributed by atoms with Gasteiger partial charge in [0.15, 0.2) is 0 Å². The van der Waals surface area contributed by atoms with Crippen LogP contribution in [0.15, 0.2) is 60.9 Å².